The Kier molecular flexibility index (Phi) is 9.11. The average molecular weight is 487 g/mol. The van der Waals surface area contributed by atoms with Crippen LogP contribution in [0.5, 0.6) is 0 Å². The lowest BCUT2D eigenvalue weighted by Crippen LogP contribution is -2.38. The number of para-hydroxylation sites is 1. The smallest absolute Gasteiger partial charge is 0.411 e. The number of amides is 1. The van der Waals surface area contributed by atoms with Crippen LogP contribution in [0.15, 0.2) is 78.9 Å². The third-order valence-electron chi connectivity index (χ3n) is 6.63. The molecule has 0 unspecified atom stereocenters. The predicted molar refractivity (Wildman–Crippen MR) is 142 cm³/mol. The number of anilines is 1. The number of carboxylic acids is 1. The van der Waals surface area contributed by atoms with Gasteiger partial charge in [-0.15, -0.1) is 0 Å². The van der Waals surface area contributed by atoms with E-state index in [9.17, 15) is 9.59 Å². The fraction of sp³-hybridized carbons (Fsp3) is 0.333. The largest absolute Gasteiger partial charge is 0.481 e. The van der Waals surface area contributed by atoms with Gasteiger partial charge < -0.3 is 14.7 Å². The van der Waals surface area contributed by atoms with Gasteiger partial charge in [0.05, 0.1) is 12.1 Å². The standard InChI is InChI=1S/C30H34N2O4/c33-29(34)22-24-15-13-23(14-16-24)8-6-7-19-32-20-17-26(18-21-32)36-30(35)31-28-12-5-4-11-27(28)25-9-2-1-3-10-25/h1-5,9-16,26H,6-8,17-22H2,(H,31,35)(H,33,34). The Morgan fingerprint density at radius 1 is 0.861 bits per heavy atom. The zero-order valence-corrected chi connectivity index (χ0v) is 20.6. The van der Waals surface area contributed by atoms with Gasteiger partial charge in [-0.1, -0.05) is 72.8 Å². The summed E-state index contributed by atoms with van der Waals surface area (Å²) in [5.74, 6) is -0.800. The molecule has 1 fully saturated rings. The van der Waals surface area contributed by atoms with Crippen LogP contribution in [0.1, 0.15) is 36.8 Å². The lowest BCUT2D eigenvalue weighted by atomic mass is 10.0. The summed E-state index contributed by atoms with van der Waals surface area (Å²) in [6.45, 7) is 2.91. The molecule has 3 aromatic rings. The molecule has 4 rings (SSSR count). The van der Waals surface area contributed by atoms with Gasteiger partial charge in [-0.3, -0.25) is 10.1 Å². The molecule has 6 nitrogen and oxygen atoms in total. The van der Waals surface area contributed by atoms with Crippen molar-refractivity contribution in [3.05, 3.63) is 90.0 Å². The Morgan fingerprint density at radius 3 is 2.25 bits per heavy atom. The number of nitrogens with zero attached hydrogens (tertiary/aromatic N) is 1. The van der Waals surface area contributed by atoms with Gasteiger partial charge in [-0.2, -0.15) is 0 Å². The number of carbonyl (C=O) groups is 2. The van der Waals surface area contributed by atoms with Gasteiger partial charge >= 0.3 is 12.1 Å². The number of rotatable bonds is 10. The first-order valence-electron chi connectivity index (χ1n) is 12.7. The number of carboxylic acid groups (broad SMARTS) is 1. The van der Waals surface area contributed by atoms with Gasteiger partial charge in [0.2, 0.25) is 0 Å². The first-order valence-corrected chi connectivity index (χ1v) is 12.7. The first-order chi connectivity index (χ1) is 17.6. The molecular weight excluding hydrogens is 452 g/mol. The van der Waals surface area contributed by atoms with Crippen molar-refractivity contribution < 1.29 is 19.4 Å². The van der Waals surface area contributed by atoms with Crippen LogP contribution in [0.4, 0.5) is 10.5 Å². The summed E-state index contributed by atoms with van der Waals surface area (Å²) < 4.78 is 5.74. The summed E-state index contributed by atoms with van der Waals surface area (Å²) in [6.07, 6.45) is 4.51. The molecule has 0 aliphatic carbocycles. The number of hydrogen-bond acceptors (Lipinski definition) is 4. The summed E-state index contributed by atoms with van der Waals surface area (Å²) >= 11 is 0. The van der Waals surface area contributed by atoms with Crippen LogP contribution in [0, 0.1) is 0 Å². The van der Waals surface area contributed by atoms with Gasteiger partial charge in [0.25, 0.3) is 0 Å². The molecular formula is C30H34N2O4. The lowest BCUT2D eigenvalue weighted by molar-refractivity contribution is -0.136. The first kappa shape index (κ1) is 25.5. The van der Waals surface area contributed by atoms with Crippen LogP contribution < -0.4 is 5.32 Å². The van der Waals surface area contributed by atoms with Crippen LogP contribution in [0.25, 0.3) is 11.1 Å². The molecule has 1 saturated heterocycles. The maximum absolute atomic E-state index is 12.6. The highest BCUT2D eigenvalue weighted by Crippen LogP contribution is 2.28. The second-order valence-corrected chi connectivity index (χ2v) is 9.33. The van der Waals surface area contributed by atoms with Crippen molar-refractivity contribution >= 4 is 17.7 Å². The molecule has 3 aromatic carbocycles. The molecule has 0 bridgehead atoms. The highest BCUT2D eigenvalue weighted by Gasteiger charge is 2.22. The van der Waals surface area contributed by atoms with Crippen molar-refractivity contribution in [1.82, 2.24) is 4.90 Å². The van der Waals surface area contributed by atoms with Gasteiger partial charge in [0.1, 0.15) is 6.10 Å². The van der Waals surface area contributed by atoms with Gasteiger partial charge in [-0.25, -0.2) is 4.79 Å². The van der Waals surface area contributed by atoms with Crippen LogP contribution >= 0.6 is 0 Å². The van der Waals surface area contributed by atoms with Gasteiger partial charge in [0.15, 0.2) is 0 Å². The van der Waals surface area contributed by atoms with Crippen molar-refractivity contribution in [2.45, 2.75) is 44.6 Å². The maximum Gasteiger partial charge on any atom is 0.411 e. The SMILES string of the molecule is O=C(O)Cc1ccc(CCCCN2CCC(OC(=O)Nc3ccccc3-c3ccccc3)CC2)cc1. The topological polar surface area (TPSA) is 78.9 Å². The number of ether oxygens (including phenoxy) is 1. The summed E-state index contributed by atoms with van der Waals surface area (Å²) in [6, 6.07) is 25.7. The Morgan fingerprint density at radius 2 is 1.53 bits per heavy atom. The van der Waals surface area contributed by atoms with E-state index in [0.717, 1.165) is 74.1 Å². The van der Waals surface area contributed by atoms with E-state index >= 15 is 0 Å². The number of nitrogens with one attached hydrogen (secondary N) is 1. The molecule has 0 atom stereocenters. The number of benzene rings is 3. The monoisotopic (exact) mass is 486 g/mol. The quantitative estimate of drug-likeness (QED) is 0.343. The van der Waals surface area contributed by atoms with E-state index in [0.29, 0.717) is 0 Å². The minimum Gasteiger partial charge on any atom is -0.481 e. The molecule has 6 heteroatoms. The molecule has 188 valence electrons. The van der Waals surface area contributed by atoms with Crippen LogP contribution in [0.3, 0.4) is 0 Å². The number of aryl methyl sites for hydroxylation is 1. The number of likely N-dealkylation sites (tertiary alicyclic amines) is 1. The average Bonchev–Trinajstić information content (AvgIpc) is 2.89. The minimum absolute atomic E-state index is 0.0607. The summed E-state index contributed by atoms with van der Waals surface area (Å²) in [5.41, 5.74) is 4.86. The molecule has 1 aliphatic rings. The molecule has 1 amide bonds. The van der Waals surface area contributed by atoms with E-state index in [1.54, 1.807) is 0 Å². The molecule has 36 heavy (non-hydrogen) atoms. The lowest BCUT2D eigenvalue weighted by Gasteiger charge is -2.31. The molecule has 0 spiro atoms. The number of carbonyl (C=O) groups excluding carboxylic acids is 1. The molecule has 0 radical (unpaired) electrons. The predicted octanol–water partition coefficient (Wildman–Crippen LogP) is 6.02. The Labute approximate surface area is 212 Å². The summed E-state index contributed by atoms with van der Waals surface area (Å²) in [5, 5.41) is 11.8. The molecule has 0 aromatic heterocycles. The fourth-order valence-corrected chi connectivity index (χ4v) is 4.67. The van der Waals surface area contributed by atoms with Crippen LogP contribution in [-0.4, -0.2) is 47.8 Å². The second-order valence-electron chi connectivity index (χ2n) is 9.33. The number of unbranched alkanes of at least 4 members (excludes halogenated alkanes) is 1. The third-order valence-corrected chi connectivity index (χ3v) is 6.63. The second kappa shape index (κ2) is 12.9. The van der Waals surface area contributed by atoms with E-state index in [2.05, 4.69) is 10.2 Å². The molecule has 1 aliphatic heterocycles. The van der Waals surface area contributed by atoms with Crippen molar-refractivity contribution in [2.75, 3.05) is 25.0 Å². The third kappa shape index (κ3) is 7.68. The highest BCUT2D eigenvalue weighted by molar-refractivity contribution is 5.91. The van der Waals surface area contributed by atoms with Gasteiger partial charge in [0, 0.05) is 18.7 Å². The van der Waals surface area contributed by atoms with Crippen molar-refractivity contribution in [2.24, 2.45) is 0 Å². The number of aliphatic carboxylic acids is 1. The van der Waals surface area contributed by atoms with E-state index < -0.39 is 12.1 Å². The minimum atomic E-state index is -0.800. The summed E-state index contributed by atoms with van der Waals surface area (Å²) in [7, 11) is 0. The summed E-state index contributed by atoms with van der Waals surface area (Å²) in [4.78, 5) is 25.8. The van der Waals surface area contributed by atoms with Crippen molar-refractivity contribution in [3.8, 4) is 11.1 Å². The van der Waals surface area contributed by atoms with Crippen molar-refractivity contribution in [3.63, 3.8) is 0 Å². The Bertz CT molecular complexity index is 1120. The van der Waals surface area contributed by atoms with Gasteiger partial charge in [-0.05, 0) is 61.4 Å². The highest BCUT2D eigenvalue weighted by atomic mass is 16.6. The Balaban J connectivity index is 1.15. The van der Waals surface area contributed by atoms with Crippen LogP contribution in [0.2, 0.25) is 0 Å². The molecule has 2 N–H and O–H groups in total. The zero-order chi connectivity index (χ0) is 25.2. The van der Waals surface area contributed by atoms with E-state index in [4.69, 9.17) is 9.84 Å². The Hall–Kier alpha value is -3.64. The van der Waals surface area contributed by atoms with E-state index in [-0.39, 0.29) is 12.5 Å². The van der Waals surface area contributed by atoms with Crippen molar-refractivity contribution in [1.29, 1.82) is 0 Å². The van der Waals surface area contributed by atoms with Crippen LogP contribution in [-0.2, 0) is 22.4 Å². The molecule has 1 heterocycles. The van der Waals surface area contributed by atoms with E-state index in [1.165, 1.54) is 5.56 Å². The number of hydrogen-bond donors (Lipinski definition) is 2. The van der Waals surface area contributed by atoms with E-state index in [1.807, 2.05) is 78.9 Å². The fourth-order valence-electron chi connectivity index (χ4n) is 4.67. The zero-order valence-electron chi connectivity index (χ0n) is 20.6. The maximum atomic E-state index is 12.6. The number of piperidine rings is 1. The normalized spacial score (nSPS) is 14.3. The molecule has 0 saturated carbocycles.